The maximum atomic E-state index is 13.3. The lowest BCUT2D eigenvalue weighted by Crippen LogP contribution is -2.43. The van der Waals surface area contributed by atoms with Gasteiger partial charge in [-0.2, -0.15) is 18.3 Å². The number of hydrogen-bond donors (Lipinski definition) is 1. The van der Waals surface area contributed by atoms with Gasteiger partial charge in [0, 0.05) is 26.4 Å². The zero-order chi connectivity index (χ0) is 24.2. The number of pyridine rings is 1. The number of nitrogens with zero attached hydrogens (tertiary/aromatic N) is 4. The average molecular weight is 470 g/mol. The Morgan fingerprint density at radius 3 is 2.58 bits per heavy atom. The van der Waals surface area contributed by atoms with Gasteiger partial charge in [-0.25, -0.2) is 9.78 Å². The molecule has 1 amide bonds. The number of aromatic nitrogens is 3. The lowest BCUT2D eigenvalue weighted by Gasteiger charge is -2.36. The van der Waals surface area contributed by atoms with Crippen LogP contribution in [0.5, 0.6) is 5.88 Å². The van der Waals surface area contributed by atoms with Crippen molar-refractivity contribution in [1.29, 1.82) is 0 Å². The van der Waals surface area contributed by atoms with E-state index in [2.05, 4.69) is 10.1 Å². The molecule has 0 bridgehead atoms. The van der Waals surface area contributed by atoms with E-state index in [-0.39, 0.29) is 11.9 Å². The third-order valence-electron chi connectivity index (χ3n) is 5.40. The first-order chi connectivity index (χ1) is 15.6. The van der Waals surface area contributed by atoms with E-state index in [0.717, 1.165) is 18.7 Å². The van der Waals surface area contributed by atoms with E-state index < -0.39 is 12.1 Å². The first kappa shape index (κ1) is 24.5. The van der Waals surface area contributed by atoms with Gasteiger partial charge in [0.05, 0.1) is 31.6 Å². The summed E-state index contributed by atoms with van der Waals surface area (Å²) in [6.45, 7) is 1.88. The van der Waals surface area contributed by atoms with Crippen LogP contribution in [0.2, 0.25) is 0 Å². The molecule has 1 fully saturated rings. The quantitative estimate of drug-likeness (QED) is 0.692. The number of ether oxygens (including phenoxy) is 2. The minimum Gasteiger partial charge on any atom is -0.480 e. The summed E-state index contributed by atoms with van der Waals surface area (Å²) in [5, 5.41) is 11.5. The molecule has 0 aromatic carbocycles. The Balaban J connectivity index is 0.000000383. The second kappa shape index (κ2) is 10.2. The summed E-state index contributed by atoms with van der Waals surface area (Å²) < 4.78 is 44.9. The molecule has 2 aromatic rings. The summed E-state index contributed by atoms with van der Waals surface area (Å²) >= 11 is 0. The van der Waals surface area contributed by atoms with Gasteiger partial charge in [-0.05, 0) is 42.9 Å². The lowest BCUT2D eigenvalue weighted by atomic mass is 9.99. The molecule has 33 heavy (non-hydrogen) atoms. The summed E-state index contributed by atoms with van der Waals surface area (Å²) in [5.41, 5.74) is 2.73. The Morgan fingerprint density at radius 1 is 1.27 bits per heavy atom. The number of carboxylic acid groups (broad SMARTS) is 1. The zero-order valence-electron chi connectivity index (χ0n) is 18.2. The maximum Gasteiger partial charge on any atom is 0.490 e. The molecule has 0 spiro atoms. The fraction of sp³-hybridized carbons (Fsp3) is 0.524. The summed E-state index contributed by atoms with van der Waals surface area (Å²) in [7, 11) is 3.45. The van der Waals surface area contributed by atoms with Crippen LogP contribution in [0.1, 0.15) is 40.5 Å². The molecule has 9 nitrogen and oxygen atoms in total. The number of halogens is 3. The maximum absolute atomic E-state index is 13.3. The molecule has 180 valence electrons. The molecule has 1 atom stereocenters. The van der Waals surface area contributed by atoms with E-state index in [4.69, 9.17) is 19.4 Å². The van der Waals surface area contributed by atoms with Crippen LogP contribution in [0.15, 0.2) is 24.5 Å². The number of carbonyl (C=O) groups is 2. The molecular weight excluding hydrogens is 445 g/mol. The second-order valence-electron chi connectivity index (χ2n) is 7.79. The molecule has 3 heterocycles. The highest BCUT2D eigenvalue weighted by Crippen LogP contribution is 2.33. The number of amides is 1. The average Bonchev–Trinajstić information content (AvgIpc) is 3.53. The van der Waals surface area contributed by atoms with E-state index in [1.54, 1.807) is 18.3 Å². The van der Waals surface area contributed by atoms with E-state index in [0.29, 0.717) is 30.5 Å². The minimum atomic E-state index is -5.08. The first-order valence-corrected chi connectivity index (χ1v) is 10.3. The highest BCUT2D eigenvalue weighted by molar-refractivity contribution is 5.96. The number of hydrogen-bond acceptors (Lipinski definition) is 6. The molecule has 4 rings (SSSR count). The van der Waals surface area contributed by atoms with Gasteiger partial charge in [-0.15, -0.1) is 0 Å². The Hall–Kier alpha value is -3.15. The second-order valence-corrected chi connectivity index (χ2v) is 7.79. The van der Waals surface area contributed by atoms with Crippen molar-refractivity contribution in [2.45, 2.75) is 31.5 Å². The number of rotatable bonds is 6. The number of fused-ring (bicyclic) bond motifs is 1. The first-order valence-electron chi connectivity index (χ1n) is 10.3. The van der Waals surface area contributed by atoms with E-state index in [1.165, 1.54) is 25.5 Å². The predicted molar refractivity (Wildman–Crippen MR) is 109 cm³/mol. The van der Waals surface area contributed by atoms with Crippen molar-refractivity contribution in [3.05, 3.63) is 41.3 Å². The molecule has 12 heteroatoms. The van der Waals surface area contributed by atoms with Gasteiger partial charge in [0.25, 0.3) is 5.91 Å². The van der Waals surface area contributed by atoms with Crippen molar-refractivity contribution in [2.75, 3.05) is 26.9 Å². The summed E-state index contributed by atoms with van der Waals surface area (Å²) in [6, 6.07) is 3.37. The molecule has 0 saturated heterocycles. The van der Waals surface area contributed by atoms with Crippen LogP contribution in [-0.2, 0) is 23.0 Å². The van der Waals surface area contributed by atoms with Crippen LogP contribution >= 0.6 is 0 Å². The Morgan fingerprint density at radius 2 is 1.97 bits per heavy atom. The van der Waals surface area contributed by atoms with Gasteiger partial charge < -0.3 is 19.5 Å². The van der Waals surface area contributed by atoms with Crippen molar-refractivity contribution >= 4 is 11.9 Å². The van der Waals surface area contributed by atoms with Crippen LogP contribution in [0.3, 0.4) is 0 Å². The smallest absolute Gasteiger partial charge is 0.480 e. The van der Waals surface area contributed by atoms with Crippen LogP contribution in [0, 0.1) is 5.92 Å². The highest BCUT2D eigenvalue weighted by Gasteiger charge is 2.38. The Bertz CT molecular complexity index is 991. The third-order valence-corrected chi connectivity index (χ3v) is 5.40. The van der Waals surface area contributed by atoms with Crippen molar-refractivity contribution in [3.8, 4) is 5.88 Å². The van der Waals surface area contributed by atoms with Crippen molar-refractivity contribution in [2.24, 2.45) is 13.0 Å². The third kappa shape index (κ3) is 6.01. The molecule has 1 N–H and O–H groups in total. The molecule has 2 aliphatic rings. The Kier molecular flexibility index (Phi) is 7.57. The van der Waals surface area contributed by atoms with Gasteiger partial charge >= 0.3 is 12.1 Å². The Labute approximate surface area is 188 Å². The minimum absolute atomic E-state index is 0.0816. The van der Waals surface area contributed by atoms with Crippen LogP contribution < -0.4 is 4.74 Å². The predicted octanol–water partition coefficient (Wildman–Crippen LogP) is 2.62. The summed E-state index contributed by atoms with van der Waals surface area (Å²) in [4.78, 5) is 28.2. The number of aryl methyl sites for hydroxylation is 1. The van der Waals surface area contributed by atoms with E-state index in [1.807, 2.05) is 22.8 Å². The number of alkyl halides is 3. The molecular formula is C21H25F3N4O5. The molecule has 2 aromatic heterocycles. The van der Waals surface area contributed by atoms with Gasteiger partial charge in [-0.3, -0.25) is 9.48 Å². The fourth-order valence-corrected chi connectivity index (χ4v) is 3.57. The van der Waals surface area contributed by atoms with E-state index >= 15 is 0 Å². The summed E-state index contributed by atoms with van der Waals surface area (Å²) in [5.74, 6) is -1.80. The highest BCUT2D eigenvalue weighted by atomic mass is 19.4. The number of aliphatic carboxylic acids is 1. The normalized spacial score (nSPS) is 17.6. The van der Waals surface area contributed by atoms with Crippen molar-refractivity contribution in [3.63, 3.8) is 0 Å². The van der Waals surface area contributed by atoms with Crippen LogP contribution in [0.4, 0.5) is 13.2 Å². The molecule has 1 aliphatic carbocycles. The standard InChI is InChI=1S/C19H24N4O3.C2HF3O2/c1-22-17-14(10-21-22)7-9-23(16(17)12-26-11-13-5-6-13)19(24)15-4-3-8-20-18(15)25-2;3-2(4,5)1(6)7/h3-4,8,10,13,16H,5-7,9,11-12H2,1-2H3;(H,6,7). The topological polar surface area (TPSA) is 107 Å². The van der Waals surface area contributed by atoms with Crippen molar-refractivity contribution < 1.29 is 37.3 Å². The van der Waals surface area contributed by atoms with Gasteiger partial charge in [0.2, 0.25) is 5.88 Å². The van der Waals surface area contributed by atoms with Crippen LogP contribution in [-0.4, -0.2) is 69.7 Å². The summed E-state index contributed by atoms with van der Waals surface area (Å²) in [6.07, 6.45) is 1.72. The van der Waals surface area contributed by atoms with Gasteiger partial charge in [0.15, 0.2) is 0 Å². The molecule has 1 saturated carbocycles. The number of carbonyl (C=O) groups excluding carboxylic acids is 1. The van der Waals surface area contributed by atoms with Gasteiger partial charge in [0.1, 0.15) is 5.56 Å². The number of carboxylic acids is 1. The molecule has 1 unspecified atom stereocenters. The number of methoxy groups -OCH3 is 1. The van der Waals surface area contributed by atoms with Crippen molar-refractivity contribution in [1.82, 2.24) is 19.7 Å². The monoisotopic (exact) mass is 470 g/mol. The van der Waals surface area contributed by atoms with Crippen LogP contribution in [0.25, 0.3) is 0 Å². The largest absolute Gasteiger partial charge is 0.490 e. The SMILES string of the molecule is COc1ncccc1C(=O)N1CCc2cnn(C)c2C1COCC1CC1.O=C(O)C(F)(F)F. The lowest BCUT2D eigenvalue weighted by molar-refractivity contribution is -0.192. The van der Waals surface area contributed by atoms with E-state index in [9.17, 15) is 18.0 Å². The molecule has 0 radical (unpaired) electrons. The fourth-order valence-electron chi connectivity index (χ4n) is 3.57. The van der Waals surface area contributed by atoms with Gasteiger partial charge in [-0.1, -0.05) is 0 Å². The zero-order valence-corrected chi connectivity index (χ0v) is 18.2. The molecule has 1 aliphatic heterocycles.